The summed E-state index contributed by atoms with van der Waals surface area (Å²) < 4.78 is 0. The molecular weight excluding hydrogens is 336 g/mol. The SMILES string of the molecule is CCc1ccc(-c2nc(SCC(=O)Nc3cccc(O)c3)n[nH]2)cc1. The van der Waals surface area contributed by atoms with Crippen LogP contribution in [0.4, 0.5) is 5.69 Å². The summed E-state index contributed by atoms with van der Waals surface area (Å²) >= 11 is 1.25. The van der Waals surface area contributed by atoms with Crippen LogP contribution in [-0.2, 0) is 11.2 Å². The number of rotatable bonds is 6. The van der Waals surface area contributed by atoms with Gasteiger partial charge in [0.05, 0.1) is 5.75 Å². The summed E-state index contributed by atoms with van der Waals surface area (Å²) in [5, 5.41) is 19.7. The normalized spacial score (nSPS) is 10.6. The lowest BCUT2D eigenvalue weighted by Gasteiger charge is -2.04. The molecule has 6 nitrogen and oxygen atoms in total. The van der Waals surface area contributed by atoms with E-state index >= 15 is 0 Å². The van der Waals surface area contributed by atoms with Gasteiger partial charge in [0.2, 0.25) is 11.1 Å². The van der Waals surface area contributed by atoms with Gasteiger partial charge < -0.3 is 10.4 Å². The monoisotopic (exact) mass is 354 g/mol. The Bertz CT molecular complexity index is 862. The molecule has 128 valence electrons. The summed E-state index contributed by atoms with van der Waals surface area (Å²) in [6.45, 7) is 2.11. The van der Waals surface area contributed by atoms with Gasteiger partial charge in [0.15, 0.2) is 5.82 Å². The van der Waals surface area contributed by atoms with Crippen LogP contribution in [0.25, 0.3) is 11.4 Å². The molecule has 3 N–H and O–H groups in total. The second-order valence-electron chi connectivity index (χ2n) is 5.40. The second kappa shape index (κ2) is 7.85. The maximum atomic E-state index is 12.0. The number of carbonyl (C=O) groups excluding carboxylic acids is 1. The first-order chi connectivity index (χ1) is 12.1. The molecule has 0 bridgehead atoms. The molecule has 1 aromatic heterocycles. The van der Waals surface area contributed by atoms with Crippen LogP contribution in [0.5, 0.6) is 5.75 Å². The zero-order chi connectivity index (χ0) is 17.6. The Balaban J connectivity index is 1.56. The van der Waals surface area contributed by atoms with Crippen molar-refractivity contribution < 1.29 is 9.90 Å². The Kier molecular flexibility index (Phi) is 5.35. The smallest absolute Gasteiger partial charge is 0.234 e. The predicted molar refractivity (Wildman–Crippen MR) is 98.7 cm³/mol. The molecule has 0 aliphatic rings. The molecule has 0 radical (unpaired) electrons. The number of hydrogen-bond donors (Lipinski definition) is 3. The summed E-state index contributed by atoms with van der Waals surface area (Å²) in [5.41, 5.74) is 2.78. The lowest BCUT2D eigenvalue weighted by atomic mass is 10.1. The van der Waals surface area contributed by atoms with E-state index in [1.807, 2.05) is 12.1 Å². The molecule has 1 amide bonds. The molecule has 0 saturated carbocycles. The number of amides is 1. The van der Waals surface area contributed by atoms with E-state index in [1.165, 1.54) is 23.4 Å². The van der Waals surface area contributed by atoms with Gasteiger partial charge in [-0.05, 0) is 24.1 Å². The minimum Gasteiger partial charge on any atom is -0.508 e. The maximum absolute atomic E-state index is 12.0. The maximum Gasteiger partial charge on any atom is 0.234 e. The summed E-state index contributed by atoms with van der Waals surface area (Å²) in [6.07, 6.45) is 0.992. The minimum atomic E-state index is -0.186. The van der Waals surface area contributed by atoms with Crippen molar-refractivity contribution in [2.24, 2.45) is 0 Å². The van der Waals surface area contributed by atoms with Crippen molar-refractivity contribution in [1.82, 2.24) is 15.2 Å². The number of phenolic OH excluding ortho intramolecular Hbond substituents is 1. The number of aromatic nitrogens is 3. The number of H-pyrrole nitrogens is 1. The van der Waals surface area contributed by atoms with E-state index in [0.717, 1.165) is 12.0 Å². The third kappa shape index (κ3) is 4.60. The van der Waals surface area contributed by atoms with E-state index in [9.17, 15) is 9.90 Å². The number of aromatic hydroxyl groups is 1. The number of hydrogen-bond acceptors (Lipinski definition) is 5. The number of aromatic amines is 1. The van der Waals surface area contributed by atoms with Gasteiger partial charge in [0.1, 0.15) is 5.75 Å². The average molecular weight is 354 g/mol. The molecule has 2 aromatic carbocycles. The third-order valence-corrected chi connectivity index (χ3v) is 4.41. The van der Waals surface area contributed by atoms with Crippen molar-refractivity contribution in [2.45, 2.75) is 18.5 Å². The average Bonchev–Trinajstić information content (AvgIpc) is 3.09. The summed E-state index contributed by atoms with van der Waals surface area (Å²) in [7, 11) is 0. The molecule has 0 aliphatic heterocycles. The molecule has 1 heterocycles. The number of nitrogens with one attached hydrogen (secondary N) is 2. The number of nitrogens with zero attached hydrogens (tertiary/aromatic N) is 2. The van der Waals surface area contributed by atoms with Gasteiger partial charge in [0, 0.05) is 17.3 Å². The van der Waals surface area contributed by atoms with Crippen LogP contribution in [0, 0.1) is 0 Å². The largest absolute Gasteiger partial charge is 0.508 e. The van der Waals surface area contributed by atoms with Crippen LogP contribution in [0.1, 0.15) is 12.5 Å². The minimum absolute atomic E-state index is 0.109. The Morgan fingerprint density at radius 1 is 1.24 bits per heavy atom. The van der Waals surface area contributed by atoms with E-state index in [-0.39, 0.29) is 17.4 Å². The molecular formula is C18H18N4O2S. The molecule has 3 rings (SSSR count). The fraction of sp³-hybridized carbons (Fsp3) is 0.167. The van der Waals surface area contributed by atoms with Gasteiger partial charge in [-0.3, -0.25) is 9.89 Å². The fourth-order valence-corrected chi connectivity index (χ4v) is 2.85. The van der Waals surface area contributed by atoms with E-state index < -0.39 is 0 Å². The number of phenols is 1. The van der Waals surface area contributed by atoms with Crippen LogP contribution in [0.3, 0.4) is 0 Å². The van der Waals surface area contributed by atoms with Crippen LogP contribution in [-0.4, -0.2) is 31.9 Å². The van der Waals surface area contributed by atoms with Crippen molar-refractivity contribution in [3.8, 4) is 17.1 Å². The van der Waals surface area contributed by atoms with Gasteiger partial charge >= 0.3 is 0 Å². The van der Waals surface area contributed by atoms with Gasteiger partial charge in [-0.1, -0.05) is 49.0 Å². The molecule has 0 fully saturated rings. The summed E-state index contributed by atoms with van der Waals surface area (Å²) in [4.78, 5) is 16.4. The molecule has 7 heteroatoms. The number of aryl methyl sites for hydroxylation is 1. The van der Waals surface area contributed by atoms with Crippen molar-refractivity contribution in [1.29, 1.82) is 0 Å². The number of thioether (sulfide) groups is 1. The third-order valence-electron chi connectivity index (χ3n) is 3.56. The Labute approximate surface area is 149 Å². The van der Waals surface area contributed by atoms with E-state index in [2.05, 4.69) is 39.6 Å². The highest BCUT2D eigenvalue weighted by molar-refractivity contribution is 7.99. The molecule has 25 heavy (non-hydrogen) atoms. The molecule has 0 saturated heterocycles. The lowest BCUT2D eigenvalue weighted by molar-refractivity contribution is -0.113. The molecule has 0 unspecified atom stereocenters. The molecule has 0 spiro atoms. The Hall–Kier alpha value is -2.80. The first-order valence-corrected chi connectivity index (χ1v) is 8.86. The van der Waals surface area contributed by atoms with E-state index in [1.54, 1.807) is 18.2 Å². The first-order valence-electron chi connectivity index (χ1n) is 7.87. The molecule has 0 aliphatic carbocycles. The van der Waals surface area contributed by atoms with Crippen LogP contribution in [0.15, 0.2) is 53.7 Å². The highest BCUT2D eigenvalue weighted by Crippen LogP contribution is 2.20. The van der Waals surface area contributed by atoms with Crippen molar-refractivity contribution >= 4 is 23.4 Å². The summed E-state index contributed by atoms with van der Waals surface area (Å²) in [6, 6.07) is 14.6. The number of carbonyl (C=O) groups is 1. The van der Waals surface area contributed by atoms with Crippen LogP contribution in [0.2, 0.25) is 0 Å². The second-order valence-corrected chi connectivity index (χ2v) is 6.35. The van der Waals surface area contributed by atoms with Crippen LogP contribution >= 0.6 is 11.8 Å². The molecule has 3 aromatic rings. The lowest BCUT2D eigenvalue weighted by Crippen LogP contribution is -2.13. The summed E-state index contributed by atoms with van der Waals surface area (Å²) in [5.74, 6) is 0.785. The van der Waals surface area contributed by atoms with Gasteiger partial charge in [-0.15, -0.1) is 5.10 Å². The predicted octanol–water partition coefficient (Wildman–Crippen LogP) is 3.47. The highest BCUT2D eigenvalue weighted by atomic mass is 32.2. The van der Waals surface area contributed by atoms with Gasteiger partial charge in [-0.25, -0.2) is 4.98 Å². The zero-order valence-corrected chi connectivity index (χ0v) is 14.5. The van der Waals surface area contributed by atoms with Gasteiger partial charge in [-0.2, -0.15) is 0 Å². The quantitative estimate of drug-likeness (QED) is 0.590. The number of benzene rings is 2. The topological polar surface area (TPSA) is 90.9 Å². The molecule has 0 atom stereocenters. The van der Waals surface area contributed by atoms with E-state index in [0.29, 0.717) is 16.7 Å². The Morgan fingerprint density at radius 2 is 2.04 bits per heavy atom. The van der Waals surface area contributed by atoms with Crippen molar-refractivity contribution in [2.75, 3.05) is 11.1 Å². The van der Waals surface area contributed by atoms with Crippen molar-refractivity contribution in [3.05, 3.63) is 54.1 Å². The van der Waals surface area contributed by atoms with Crippen LogP contribution < -0.4 is 5.32 Å². The highest BCUT2D eigenvalue weighted by Gasteiger charge is 2.09. The van der Waals surface area contributed by atoms with Crippen molar-refractivity contribution in [3.63, 3.8) is 0 Å². The van der Waals surface area contributed by atoms with Gasteiger partial charge in [0.25, 0.3) is 0 Å². The zero-order valence-electron chi connectivity index (χ0n) is 13.7. The number of anilines is 1. The Morgan fingerprint density at radius 3 is 2.76 bits per heavy atom. The first kappa shape index (κ1) is 17.0. The van der Waals surface area contributed by atoms with E-state index in [4.69, 9.17) is 0 Å². The fourth-order valence-electron chi connectivity index (χ4n) is 2.25. The standard InChI is InChI=1S/C18H18N4O2S/c1-2-12-6-8-13(9-7-12)17-20-18(22-21-17)25-11-16(24)19-14-4-3-5-15(23)10-14/h3-10,23H,2,11H2,1H3,(H,19,24)(H,20,21,22).